The van der Waals surface area contributed by atoms with Crippen molar-refractivity contribution < 1.29 is 9.53 Å². The van der Waals surface area contributed by atoms with Gasteiger partial charge in [0.2, 0.25) is 0 Å². The van der Waals surface area contributed by atoms with Gasteiger partial charge in [-0.3, -0.25) is 4.90 Å². The van der Waals surface area contributed by atoms with Crippen molar-refractivity contribution >= 4 is 17.4 Å². The molecule has 118 valence electrons. The lowest BCUT2D eigenvalue weighted by molar-refractivity contribution is 0.0278. The Morgan fingerprint density at radius 1 is 1.52 bits per heavy atom. The number of rotatable bonds is 3. The van der Waals surface area contributed by atoms with Crippen LogP contribution in [0.5, 0.6) is 0 Å². The normalized spacial score (nSPS) is 20.9. The summed E-state index contributed by atoms with van der Waals surface area (Å²) in [5.74, 6) is 0. The molecule has 0 unspecified atom stereocenters. The lowest BCUT2D eigenvalue weighted by atomic mass is 10.1. The van der Waals surface area contributed by atoms with E-state index in [0.717, 1.165) is 19.5 Å². The number of ether oxygens (including phenoxy) is 1. The van der Waals surface area contributed by atoms with E-state index in [1.54, 1.807) is 11.3 Å². The SMILES string of the molecule is C[C@H](c1cccs1)N(C)[C@H]1CCN(C(=O)OC(C)(C)C)C1. The third-order valence-electron chi connectivity index (χ3n) is 3.96. The molecule has 1 saturated heterocycles. The van der Waals surface area contributed by atoms with Gasteiger partial charge in [0.1, 0.15) is 5.60 Å². The lowest BCUT2D eigenvalue weighted by Crippen LogP contribution is -2.39. The van der Waals surface area contributed by atoms with Crippen LogP contribution in [0.2, 0.25) is 0 Å². The molecule has 2 heterocycles. The van der Waals surface area contributed by atoms with Gasteiger partial charge in [-0.2, -0.15) is 0 Å². The van der Waals surface area contributed by atoms with Crippen molar-refractivity contribution in [1.82, 2.24) is 9.80 Å². The van der Waals surface area contributed by atoms with Crippen LogP contribution in [0.4, 0.5) is 4.79 Å². The molecule has 0 aliphatic carbocycles. The van der Waals surface area contributed by atoms with Crippen molar-refractivity contribution in [2.45, 2.75) is 51.8 Å². The van der Waals surface area contributed by atoms with Crippen molar-refractivity contribution in [2.24, 2.45) is 0 Å². The summed E-state index contributed by atoms with van der Waals surface area (Å²) in [5, 5.41) is 2.11. The number of amides is 1. The second-order valence-electron chi connectivity index (χ2n) is 6.73. The fourth-order valence-electron chi connectivity index (χ4n) is 2.61. The summed E-state index contributed by atoms with van der Waals surface area (Å²) in [7, 11) is 2.15. The monoisotopic (exact) mass is 310 g/mol. The molecule has 1 aliphatic rings. The van der Waals surface area contributed by atoms with Gasteiger partial charge in [-0.15, -0.1) is 11.3 Å². The highest BCUT2D eigenvalue weighted by Crippen LogP contribution is 2.28. The zero-order valence-electron chi connectivity index (χ0n) is 13.6. The number of carbonyl (C=O) groups is 1. The molecule has 1 aliphatic heterocycles. The second kappa shape index (κ2) is 6.36. The predicted molar refractivity (Wildman–Crippen MR) is 86.7 cm³/mol. The predicted octanol–water partition coefficient (Wildman–Crippen LogP) is 3.75. The number of hydrogen-bond acceptors (Lipinski definition) is 4. The smallest absolute Gasteiger partial charge is 0.410 e. The molecule has 4 nitrogen and oxygen atoms in total. The molecule has 0 radical (unpaired) electrons. The number of carbonyl (C=O) groups excluding carboxylic acids is 1. The number of likely N-dealkylation sites (tertiary alicyclic amines) is 1. The van der Waals surface area contributed by atoms with E-state index in [-0.39, 0.29) is 6.09 Å². The number of hydrogen-bond donors (Lipinski definition) is 0. The molecule has 2 rings (SSSR count). The molecular formula is C16H26N2O2S. The largest absolute Gasteiger partial charge is 0.444 e. The molecule has 5 heteroatoms. The average molecular weight is 310 g/mol. The molecule has 1 fully saturated rings. The first kappa shape index (κ1) is 16.3. The van der Waals surface area contributed by atoms with E-state index in [1.165, 1.54) is 4.88 Å². The van der Waals surface area contributed by atoms with Crippen LogP contribution in [-0.4, -0.2) is 47.7 Å². The fourth-order valence-corrected chi connectivity index (χ4v) is 3.45. The first-order valence-corrected chi connectivity index (χ1v) is 8.39. The van der Waals surface area contributed by atoms with E-state index < -0.39 is 5.60 Å². The van der Waals surface area contributed by atoms with Crippen molar-refractivity contribution in [1.29, 1.82) is 0 Å². The summed E-state index contributed by atoms with van der Waals surface area (Å²) in [6, 6.07) is 5.04. The lowest BCUT2D eigenvalue weighted by Gasteiger charge is -2.30. The van der Waals surface area contributed by atoms with E-state index in [0.29, 0.717) is 12.1 Å². The standard InChI is InChI=1S/C16H26N2O2S/c1-12(14-7-6-10-21-14)17(5)13-8-9-18(11-13)15(19)20-16(2,3)4/h6-7,10,12-13H,8-9,11H2,1-5H3/t12-,13+/m1/s1. The molecule has 0 bridgehead atoms. The Labute approximate surface area is 131 Å². The van der Waals surface area contributed by atoms with Gasteiger partial charge in [-0.1, -0.05) is 6.07 Å². The molecule has 0 N–H and O–H groups in total. The highest BCUT2D eigenvalue weighted by Gasteiger charge is 2.33. The summed E-state index contributed by atoms with van der Waals surface area (Å²) < 4.78 is 5.45. The molecule has 1 amide bonds. The molecular weight excluding hydrogens is 284 g/mol. The van der Waals surface area contributed by atoms with Gasteiger partial charge in [0.15, 0.2) is 0 Å². The topological polar surface area (TPSA) is 32.8 Å². The quantitative estimate of drug-likeness (QED) is 0.852. The summed E-state index contributed by atoms with van der Waals surface area (Å²) in [6.45, 7) is 9.47. The van der Waals surface area contributed by atoms with Crippen LogP contribution in [0.1, 0.15) is 45.0 Å². The minimum Gasteiger partial charge on any atom is -0.444 e. The van der Waals surface area contributed by atoms with Gasteiger partial charge in [0, 0.05) is 30.1 Å². The van der Waals surface area contributed by atoms with Gasteiger partial charge in [0.05, 0.1) is 0 Å². The Kier molecular flexibility index (Phi) is 4.94. The Morgan fingerprint density at radius 2 is 2.24 bits per heavy atom. The van der Waals surface area contributed by atoms with Crippen LogP contribution in [0.25, 0.3) is 0 Å². The minimum absolute atomic E-state index is 0.192. The van der Waals surface area contributed by atoms with E-state index in [4.69, 9.17) is 4.74 Å². The van der Waals surface area contributed by atoms with E-state index in [1.807, 2.05) is 25.7 Å². The molecule has 21 heavy (non-hydrogen) atoms. The van der Waals surface area contributed by atoms with Crippen molar-refractivity contribution in [3.05, 3.63) is 22.4 Å². The zero-order chi connectivity index (χ0) is 15.6. The maximum absolute atomic E-state index is 12.1. The minimum atomic E-state index is -0.425. The third-order valence-corrected chi connectivity index (χ3v) is 5.00. The van der Waals surface area contributed by atoms with Crippen molar-refractivity contribution in [3.8, 4) is 0 Å². The third kappa shape index (κ3) is 4.20. The van der Waals surface area contributed by atoms with Crippen LogP contribution < -0.4 is 0 Å². The molecule has 1 aromatic heterocycles. The Balaban J connectivity index is 1.91. The van der Waals surface area contributed by atoms with Crippen LogP contribution in [0.15, 0.2) is 17.5 Å². The first-order chi connectivity index (χ1) is 9.78. The number of likely N-dealkylation sites (N-methyl/N-ethyl adjacent to an activating group) is 1. The highest BCUT2D eigenvalue weighted by molar-refractivity contribution is 7.10. The Hall–Kier alpha value is -1.07. The van der Waals surface area contributed by atoms with E-state index in [9.17, 15) is 4.79 Å². The molecule has 1 aromatic rings. The van der Waals surface area contributed by atoms with Gasteiger partial charge in [-0.05, 0) is 52.6 Å². The van der Waals surface area contributed by atoms with Crippen LogP contribution in [-0.2, 0) is 4.74 Å². The summed E-state index contributed by atoms with van der Waals surface area (Å²) >= 11 is 1.79. The summed E-state index contributed by atoms with van der Waals surface area (Å²) in [4.78, 5) is 17.7. The number of nitrogens with zero attached hydrogens (tertiary/aromatic N) is 2. The first-order valence-electron chi connectivity index (χ1n) is 7.51. The van der Waals surface area contributed by atoms with Gasteiger partial charge < -0.3 is 9.64 Å². The van der Waals surface area contributed by atoms with Gasteiger partial charge >= 0.3 is 6.09 Å². The van der Waals surface area contributed by atoms with Gasteiger partial charge in [-0.25, -0.2) is 4.79 Å². The van der Waals surface area contributed by atoms with Crippen LogP contribution >= 0.6 is 11.3 Å². The second-order valence-corrected chi connectivity index (χ2v) is 7.70. The molecule has 0 spiro atoms. The molecule has 2 atom stereocenters. The maximum Gasteiger partial charge on any atom is 0.410 e. The zero-order valence-corrected chi connectivity index (χ0v) is 14.4. The maximum atomic E-state index is 12.1. The fraction of sp³-hybridized carbons (Fsp3) is 0.688. The molecule has 0 aromatic carbocycles. The van der Waals surface area contributed by atoms with E-state index >= 15 is 0 Å². The van der Waals surface area contributed by atoms with Crippen LogP contribution in [0, 0.1) is 0 Å². The Morgan fingerprint density at radius 3 is 2.81 bits per heavy atom. The van der Waals surface area contributed by atoms with Crippen molar-refractivity contribution in [3.63, 3.8) is 0 Å². The van der Waals surface area contributed by atoms with Gasteiger partial charge in [0.25, 0.3) is 0 Å². The summed E-state index contributed by atoms with van der Waals surface area (Å²) in [6.07, 6.45) is 0.813. The average Bonchev–Trinajstić information content (AvgIpc) is 3.06. The summed E-state index contributed by atoms with van der Waals surface area (Å²) in [5.41, 5.74) is -0.425. The molecule has 0 saturated carbocycles. The van der Waals surface area contributed by atoms with Crippen LogP contribution in [0.3, 0.4) is 0 Å². The Bertz CT molecular complexity index is 467. The van der Waals surface area contributed by atoms with Crippen molar-refractivity contribution in [2.75, 3.05) is 20.1 Å². The number of thiophene rings is 1. The highest BCUT2D eigenvalue weighted by atomic mass is 32.1. The van der Waals surface area contributed by atoms with E-state index in [2.05, 4.69) is 36.4 Å².